The number of carbonyl (C=O) groups is 3. The van der Waals surface area contributed by atoms with Crippen LogP contribution in [0.15, 0.2) is 41.8 Å². The average molecular weight is 389 g/mol. The molecule has 1 atom stereocenters. The van der Waals surface area contributed by atoms with Crippen molar-refractivity contribution in [3.05, 3.63) is 52.2 Å². The standard InChI is InChI=1S/C19H19NO6S/c21-17(20-18(22)16-4-2-10-27-16)12-26-19(23)13-5-7-14(8-6-13)25-11-15-3-1-9-24-15/h2,4-8,10,15H,1,3,9,11-12H2,(H,20,21,22). The van der Waals surface area contributed by atoms with Gasteiger partial charge in [-0.25, -0.2) is 4.79 Å². The predicted octanol–water partition coefficient (Wildman–Crippen LogP) is 2.42. The van der Waals surface area contributed by atoms with Crippen LogP contribution in [-0.2, 0) is 14.3 Å². The first-order valence-electron chi connectivity index (χ1n) is 8.51. The number of hydrogen-bond acceptors (Lipinski definition) is 7. The van der Waals surface area contributed by atoms with Crippen LogP contribution in [0, 0.1) is 0 Å². The van der Waals surface area contributed by atoms with Crippen molar-refractivity contribution in [2.45, 2.75) is 18.9 Å². The number of carbonyl (C=O) groups excluding carboxylic acids is 3. The van der Waals surface area contributed by atoms with Crippen LogP contribution in [0.5, 0.6) is 5.75 Å². The fourth-order valence-corrected chi connectivity index (χ4v) is 3.12. The van der Waals surface area contributed by atoms with E-state index in [0.29, 0.717) is 17.2 Å². The number of amides is 2. The molecule has 0 radical (unpaired) electrons. The molecule has 0 spiro atoms. The van der Waals surface area contributed by atoms with E-state index >= 15 is 0 Å². The molecular weight excluding hydrogens is 370 g/mol. The zero-order chi connectivity index (χ0) is 19.1. The van der Waals surface area contributed by atoms with Gasteiger partial charge in [-0.05, 0) is 48.6 Å². The average Bonchev–Trinajstić information content (AvgIpc) is 3.38. The van der Waals surface area contributed by atoms with Gasteiger partial charge >= 0.3 is 5.97 Å². The van der Waals surface area contributed by atoms with Crippen LogP contribution < -0.4 is 10.1 Å². The van der Waals surface area contributed by atoms with Crippen LogP contribution >= 0.6 is 11.3 Å². The summed E-state index contributed by atoms with van der Waals surface area (Å²) in [5.74, 6) is -1.22. The molecule has 27 heavy (non-hydrogen) atoms. The van der Waals surface area contributed by atoms with Gasteiger partial charge in [0.25, 0.3) is 11.8 Å². The fourth-order valence-electron chi connectivity index (χ4n) is 2.50. The summed E-state index contributed by atoms with van der Waals surface area (Å²) in [5.41, 5.74) is 0.289. The minimum Gasteiger partial charge on any atom is -0.491 e. The van der Waals surface area contributed by atoms with Crippen molar-refractivity contribution in [2.24, 2.45) is 0 Å². The number of hydrogen-bond donors (Lipinski definition) is 1. The number of benzene rings is 1. The lowest BCUT2D eigenvalue weighted by Gasteiger charge is -2.11. The Morgan fingerprint density at radius 1 is 1.19 bits per heavy atom. The zero-order valence-corrected chi connectivity index (χ0v) is 15.3. The molecule has 1 aliphatic heterocycles. The van der Waals surface area contributed by atoms with E-state index < -0.39 is 24.4 Å². The molecule has 7 nitrogen and oxygen atoms in total. The molecule has 142 valence electrons. The van der Waals surface area contributed by atoms with Crippen LogP contribution in [0.25, 0.3) is 0 Å². The molecule has 1 aromatic heterocycles. The normalized spacial score (nSPS) is 15.9. The largest absolute Gasteiger partial charge is 0.491 e. The van der Waals surface area contributed by atoms with Gasteiger partial charge in [-0.2, -0.15) is 0 Å². The maximum absolute atomic E-state index is 12.0. The van der Waals surface area contributed by atoms with Gasteiger partial charge in [-0.1, -0.05) is 6.07 Å². The van der Waals surface area contributed by atoms with E-state index in [1.807, 2.05) is 0 Å². The van der Waals surface area contributed by atoms with Gasteiger partial charge in [0.2, 0.25) is 0 Å². The first kappa shape index (κ1) is 19.1. The summed E-state index contributed by atoms with van der Waals surface area (Å²) in [5, 5.41) is 3.89. The second kappa shape index (κ2) is 9.29. The highest BCUT2D eigenvalue weighted by molar-refractivity contribution is 7.12. The molecule has 0 bridgehead atoms. The third kappa shape index (κ3) is 5.63. The van der Waals surface area contributed by atoms with Gasteiger partial charge in [0.1, 0.15) is 12.4 Å². The molecule has 1 unspecified atom stereocenters. The van der Waals surface area contributed by atoms with E-state index in [4.69, 9.17) is 14.2 Å². The molecule has 0 saturated carbocycles. The molecule has 1 fully saturated rings. The molecule has 2 amide bonds. The van der Waals surface area contributed by atoms with E-state index in [9.17, 15) is 14.4 Å². The molecule has 3 rings (SSSR count). The highest BCUT2D eigenvalue weighted by atomic mass is 32.1. The topological polar surface area (TPSA) is 90.9 Å². The molecule has 0 aliphatic carbocycles. The Balaban J connectivity index is 1.42. The van der Waals surface area contributed by atoms with Crippen LogP contribution in [0.1, 0.15) is 32.9 Å². The van der Waals surface area contributed by atoms with E-state index in [0.717, 1.165) is 19.4 Å². The lowest BCUT2D eigenvalue weighted by molar-refractivity contribution is -0.123. The Morgan fingerprint density at radius 3 is 2.67 bits per heavy atom. The molecule has 8 heteroatoms. The Kier molecular flexibility index (Phi) is 6.56. The highest BCUT2D eigenvalue weighted by Crippen LogP contribution is 2.17. The molecule has 1 aromatic carbocycles. The van der Waals surface area contributed by atoms with E-state index in [-0.39, 0.29) is 11.7 Å². The van der Waals surface area contributed by atoms with Crippen LogP contribution in [0.2, 0.25) is 0 Å². The number of thiophene rings is 1. The summed E-state index contributed by atoms with van der Waals surface area (Å²) in [6.07, 6.45) is 2.15. The first-order chi connectivity index (χ1) is 13.1. The summed E-state index contributed by atoms with van der Waals surface area (Å²) in [4.78, 5) is 35.9. The van der Waals surface area contributed by atoms with Gasteiger partial charge in [0.15, 0.2) is 6.61 Å². The van der Waals surface area contributed by atoms with Gasteiger partial charge in [0, 0.05) is 6.61 Å². The lowest BCUT2D eigenvalue weighted by Crippen LogP contribution is -2.33. The Bertz CT molecular complexity index is 781. The van der Waals surface area contributed by atoms with Crippen molar-refractivity contribution in [3.8, 4) is 5.75 Å². The van der Waals surface area contributed by atoms with E-state index in [2.05, 4.69) is 5.32 Å². The van der Waals surface area contributed by atoms with Crippen molar-refractivity contribution < 1.29 is 28.6 Å². The summed E-state index contributed by atoms with van der Waals surface area (Å²) in [6.45, 7) is 0.709. The van der Waals surface area contributed by atoms with Crippen molar-refractivity contribution in [1.82, 2.24) is 5.32 Å². The van der Waals surface area contributed by atoms with Gasteiger partial charge in [-0.15, -0.1) is 11.3 Å². The number of imide groups is 1. The first-order valence-corrected chi connectivity index (χ1v) is 9.39. The van der Waals surface area contributed by atoms with E-state index in [1.165, 1.54) is 11.3 Å². The molecule has 1 saturated heterocycles. The van der Waals surface area contributed by atoms with Crippen molar-refractivity contribution in [2.75, 3.05) is 19.8 Å². The molecule has 1 aliphatic rings. The third-order valence-corrected chi connectivity index (χ3v) is 4.75. The summed E-state index contributed by atoms with van der Waals surface area (Å²) >= 11 is 1.22. The molecule has 2 heterocycles. The minimum absolute atomic E-state index is 0.116. The van der Waals surface area contributed by atoms with Gasteiger partial charge in [-0.3, -0.25) is 14.9 Å². The lowest BCUT2D eigenvalue weighted by atomic mass is 10.2. The van der Waals surface area contributed by atoms with Crippen LogP contribution in [0.4, 0.5) is 0 Å². The second-order valence-corrected chi connectivity index (χ2v) is 6.85. The monoisotopic (exact) mass is 389 g/mol. The maximum atomic E-state index is 12.0. The molecule has 2 aromatic rings. The fraction of sp³-hybridized carbons (Fsp3) is 0.316. The zero-order valence-electron chi connectivity index (χ0n) is 14.5. The molecule has 1 N–H and O–H groups in total. The second-order valence-electron chi connectivity index (χ2n) is 5.90. The quantitative estimate of drug-likeness (QED) is 0.732. The Hall–Kier alpha value is -2.71. The van der Waals surface area contributed by atoms with Gasteiger partial charge in [0.05, 0.1) is 16.5 Å². The van der Waals surface area contributed by atoms with Crippen molar-refractivity contribution in [3.63, 3.8) is 0 Å². The Morgan fingerprint density at radius 2 is 2.00 bits per heavy atom. The number of nitrogens with one attached hydrogen (secondary N) is 1. The van der Waals surface area contributed by atoms with Gasteiger partial charge < -0.3 is 14.2 Å². The van der Waals surface area contributed by atoms with Crippen LogP contribution in [-0.4, -0.2) is 43.7 Å². The highest BCUT2D eigenvalue weighted by Gasteiger charge is 2.17. The summed E-state index contributed by atoms with van der Waals surface area (Å²) in [7, 11) is 0. The minimum atomic E-state index is -0.682. The predicted molar refractivity (Wildman–Crippen MR) is 98.0 cm³/mol. The Labute approximate surface area is 160 Å². The smallest absolute Gasteiger partial charge is 0.338 e. The number of esters is 1. The maximum Gasteiger partial charge on any atom is 0.338 e. The SMILES string of the molecule is O=C(COC(=O)c1ccc(OCC2CCCO2)cc1)NC(=O)c1cccs1. The number of rotatable bonds is 7. The molecular formula is C19H19NO6S. The van der Waals surface area contributed by atoms with Crippen molar-refractivity contribution >= 4 is 29.1 Å². The van der Waals surface area contributed by atoms with Crippen LogP contribution in [0.3, 0.4) is 0 Å². The summed E-state index contributed by atoms with van der Waals surface area (Å²) < 4.78 is 16.0. The van der Waals surface area contributed by atoms with E-state index in [1.54, 1.807) is 41.8 Å². The summed E-state index contributed by atoms with van der Waals surface area (Å²) in [6, 6.07) is 9.74. The third-order valence-electron chi connectivity index (χ3n) is 3.88. The van der Waals surface area contributed by atoms with Crippen molar-refractivity contribution in [1.29, 1.82) is 0 Å². The number of ether oxygens (including phenoxy) is 3.